The fourth-order valence-electron chi connectivity index (χ4n) is 1.79. The SMILES string of the molecule is CC(C)COC(=O)Cn1c(=O)oc2ccc(CO)cc21. The molecule has 0 amide bonds. The van der Waals surface area contributed by atoms with Crippen LogP contribution in [0.3, 0.4) is 0 Å². The fraction of sp³-hybridized carbons (Fsp3) is 0.429. The van der Waals surface area contributed by atoms with E-state index in [1.165, 1.54) is 4.57 Å². The van der Waals surface area contributed by atoms with E-state index in [1.54, 1.807) is 18.2 Å². The second-order valence-electron chi connectivity index (χ2n) is 4.99. The van der Waals surface area contributed by atoms with E-state index < -0.39 is 11.7 Å². The lowest BCUT2D eigenvalue weighted by atomic mass is 10.2. The Hall–Kier alpha value is -2.08. The lowest BCUT2D eigenvalue weighted by Gasteiger charge is -2.07. The first kappa shape index (κ1) is 14.3. The van der Waals surface area contributed by atoms with Gasteiger partial charge in [-0.25, -0.2) is 4.79 Å². The Bertz CT molecular complexity index is 668. The van der Waals surface area contributed by atoms with Crippen molar-refractivity contribution >= 4 is 17.1 Å². The van der Waals surface area contributed by atoms with Crippen molar-refractivity contribution in [1.82, 2.24) is 4.57 Å². The molecule has 0 unspecified atom stereocenters. The van der Waals surface area contributed by atoms with Crippen LogP contribution in [-0.2, 0) is 22.7 Å². The minimum absolute atomic E-state index is 0.146. The van der Waals surface area contributed by atoms with Crippen LogP contribution in [-0.4, -0.2) is 22.2 Å². The molecule has 0 fully saturated rings. The van der Waals surface area contributed by atoms with Gasteiger partial charge >= 0.3 is 11.7 Å². The third-order valence-electron chi connectivity index (χ3n) is 2.78. The normalized spacial score (nSPS) is 11.2. The number of carbonyl (C=O) groups is 1. The van der Waals surface area contributed by atoms with E-state index in [9.17, 15) is 9.59 Å². The van der Waals surface area contributed by atoms with Crippen molar-refractivity contribution < 1.29 is 19.1 Å². The summed E-state index contributed by atoms with van der Waals surface area (Å²) in [5.74, 6) is -0.868. The molecule has 1 heterocycles. The van der Waals surface area contributed by atoms with E-state index in [4.69, 9.17) is 14.3 Å². The zero-order valence-corrected chi connectivity index (χ0v) is 11.5. The Morgan fingerprint density at radius 3 is 2.85 bits per heavy atom. The summed E-state index contributed by atoms with van der Waals surface area (Å²) in [5.41, 5.74) is 1.49. The van der Waals surface area contributed by atoms with Crippen molar-refractivity contribution in [2.24, 2.45) is 5.92 Å². The lowest BCUT2D eigenvalue weighted by Crippen LogP contribution is -2.22. The molecule has 0 saturated heterocycles. The summed E-state index contributed by atoms with van der Waals surface area (Å²) in [6.07, 6.45) is 0. The molecule has 0 aliphatic heterocycles. The number of nitrogens with zero attached hydrogens (tertiary/aromatic N) is 1. The van der Waals surface area contributed by atoms with Crippen molar-refractivity contribution in [3.63, 3.8) is 0 Å². The molecule has 0 aliphatic rings. The van der Waals surface area contributed by atoms with Crippen molar-refractivity contribution in [2.75, 3.05) is 6.61 Å². The van der Waals surface area contributed by atoms with Gasteiger partial charge in [0.2, 0.25) is 0 Å². The van der Waals surface area contributed by atoms with Gasteiger partial charge in [0.25, 0.3) is 0 Å². The number of ether oxygens (including phenoxy) is 1. The van der Waals surface area contributed by atoms with Crippen molar-refractivity contribution in [2.45, 2.75) is 27.0 Å². The first-order valence-electron chi connectivity index (χ1n) is 6.40. The molecule has 2 rings (SSSR count). The van der Waals surface area contributed by atoms with Crippen molar-refractivity contribution in [3.05, 3.63) is 34.3 Å². The molecule has 0 saturated carbocycles. The number of aromatic nitrogens is 1. The molecule has 1 N–H and O–H groups in total. The van der Waals surface area contributed by atoms with Crippen molar-refractivity contribution in [3.8, 4) is 0 Å². The number of hydrogen-bond donors (Lipinski definition) is 1. The molecule has 108 valence electrons. The van der Waals surface area contributed by atoms with Crippen LogP contribution in [0.15, 0.2) is 27.4 Å². The predicted octanol–water partition coefficient (Wildman–Crippen LogP) is 1.29. The van der Waals surface area contributed by atoms with Gasteiger partial charge in [0.05, 0.1) is 18.7 Å². The highest BCUT2D eigenvalue weighted by Gasteiger charge is 2.14. The number of hydrogen-bond acceptors (Lipinski definition) is 5. The fourth-order valence-corrected chi connectivity index (χ4v) is 1.79. The molecule has 20 heavy (non-hydrogen) atoms. The number of aliphatic hydroxyl groups excluding tert-OH is 1. The molecule has 6 nitrogen and oxygen atoms in total. The molecule has 1 aromatic carbocycles. The topological polar surface area (TPSA) is 81.7 Å². The van der Waals surface area contributed by atoms with Crippen LogP contribution in [0.25, 0.3) is 11.1 Å². The predicted molar refractivity (Wildman–Crippen MR) is 72.2 cm³/mol. The van der Waals surface area contributed by atoms with E-state index in [-0.39, 0.29) is 19.1 Å². The Labute approximate surface area is 115 Å². The average Bonchev–Trinajstić information content (AvgIpc) is 2.72. The van der Waals surface area contributed by atoms with Crippen LogP contribution in [0.5, 0.6) is 0 Å². The van der Waals surface area contributed by atoms with Crippen LogP contribution >= 0.6 is 0 Å². The van der Waals surface area contributed by atoms with Crippen LogP contribution in [0.2, 0.25) is 0 Å². The molecule has 2 aromatic rings. The van der Waals surface area contributed by atoms with Gasteiger partial charge in [0.1, 0.15) is 6.54 Å². The minimum Gasteiger partial charge on any atom is -0.464 e. The zero-order valence-electron chi connectivity index (χ0n) is 11.5. The molecule has 0 spiro atoms. The summed E-state index contributed by atoms with van der Waals surface area (Å²) in [6, 6.07) is 4.88. The van der Waals surface area contributed by atoms with Crippen LogP contribution in [0.1, 0.15) is 19.4 Å². The van der Waals surface area contributed by atoms with Gasteiger partial charge in [-0.15, -0.1) is 0 Å². The third kappa shape index (κ3) is 3.08. The molecule has 0 aliphatic carbocycles. The first-order valence-corrected chi connectivity index (χ1v) is 6.40. The highest BCUT2D eigenvalue weighted by Crippen LogP contribution is 2.15. The summed E-state index contributed by atoms with van der Waals surface area (Å²) < 4.78 is 11.3. The number of carbonyl (C=O) groups excluding carboxylic acids is 1. The number of oxazole rings is 1. The summed E-state index contributed by atoms with van der Waals surface area (Å²) in [4.78, 5) is 23.4. The van der Waals surface area contributed by atoms with Crippen LogP contribution in [0, 0.1) is 5.92 Å². The number of benzene rings is 1. The number of aliphatic hydroxyl groups is 1. The Balaban J connectivity index is 2.26. The molecular formula is C14H17NO5. The summed E-state index contributed by atoms with van der Waals surface area (Å²) in [7, 11) is 0. The minimum atomic E-state index is -0.614. The van der Waals surface area contributed by atoms with Gasteiger partial charge in [-0.1, -0.05) is 19.9 Å². The van der Waals surface area contributed by atoms with Gasteiger partial charge < -0.3 is 14.3 Å². The number of esters is 1. The van der Waals surface area contributed by atoms with Gasteiger partial charge in [0.15, 0.2) is 5.58 Å². The Morgan fingerprint density at radius 2 is 2.20 bits per heavy atom. The largest absolute Gasteiger partial charge is 0.464 e. The van der Waals surface area contributed by atoms with Gasteiger partial charge in [-0.2, -0.15) is 0 Å². The zero-order chi connectivity index (χ0) is 14.7. The van der Waals surface area contributed by atoms with E-state index in [2.05, 4.69) is 0 Å². The van der Waals surface area contributed by atoms with E-state index >= 15 is 0 Å². The lowest BCUT2D eigenvalue weighted by molar-refractivity contribution is -0.145. The van der Waals surface area contributed by atoms with E-state index in [1.807, 2.05) is 13.8 Å². The van der Waals surface area contributed by atoms with Gasteiger partial charge in [-0.3, -0.25) is 9.36 Å². The highest BCUT2D eigenvalue weighted by molar-refractivity contribution is 5.77. The van der Waals surface area contributed by atoms with E-state index in [0.29, 0.717) is 23.3 Å². The summed E-state index contributed by atoms with van der Waals surface area (Å²) >= 11 is 0. The maximum absolute atomic E-state index is 11.7. The standard InChI is InChI=1S/C14H17NO5/c1-9(2)8-19-13(17)6-15-11-5-10(7-16)3-4-12(11)20-14(15)18/h3-5,9,16H,6-8H2,1-2H3. The second kappa shape index (κ2) is 5.92. The van der Waals surface area contributed by atoms with Gasteiger partial charge in [-0.05, 0) is 23.6 Å². The summed E-state index contributed by atoms with van der Waals surface area (Å²) in [5, 5.41) is 9.11. The molecular weight excluding hydrogens is 262 g/mol. The molecule has 6 heteroatoms. The average molecular weight is 279 g/mol. The quantitative estimate of drug-likeness (QED) is 0.834. The Morgan fingerprint density at radius 1 is 1.45 bits per heavy atom. The first-order chi connectivity index (χ1) is 9.51. The van der Waals surface area contributed by atoms with Gasteiger partial charge in [0, 0.05) is 0 Å². The molecule has 0 radical (unpaired) electrons. The second-order valence-corrected chi connectivity index (χ2v) is 4.99. The molecule has 1 aromatic heterocycles. The monoisotopic (exact) mass is 279 g/mol. The Kier molecular flexibility index (Phi) is 4.24. The molecule has 0 bridgehead atoms. The number of fused-ring (bicyclic) bond motifs is 1. The summed E-state index contributed by atoms with van der Waals surface area (Å²) in [6.45, 7) is 3.83. The van der Waals surface area contributed by atoms with E-state index in [0.717, 1.165) is 0 Å². The maximum atomic E-state index is 11.7. The third-order valence-corrected chi connectivity index (χ3v) is 2.78. The number of rotatable bonds is 5. The van der Waals surface area contributed by atoms with Crippen LogP contribution in [0.4, 0.5) is 0 Å². The smallest absolute Gasteiger partial charge is 0.420 e. The maximum Gasteiger partial charge on any atom is 0.420 e. The highest BCUT2D eigenvalue weighted by atomic mass is 16.5. The molecule has 0 atom stereocenters. The van der Waals surface area contributed by atoms with Crippen LogP contribution < -0.4 is 5.76 Å². The van der Waals surface area contributed by atoms with Crippen molar-refractivity contribution in [1.29, 1.82) is 0 Å².